The van der Waals surface area contributed by atoms with E-state index >= 15 is 0 Å². The summed E-state index contributed by atoms with van der Waals surface area (Å²) in [6, 6.07) is 1.47. The number of carbonyl (C=O) groups is 1. The Balaban J connectivity index is 2.89. The molecule has 0 radical (unpaired) electrons. The second-order valence-corrected chi connectivity index (χ2v) is 4.03. The van der Waals surface area contributed by atoms with Gasteiger partial charge < -0.3 is 5.11 Å². The summed E-state index contributed by atoms with van der Waals surface area (Å²) in [7, 11) is 0. The van der Waals surface area contributed by atoms with Crippen LogP contribution in [0, 0.1) is 6.92 Å². The molecule has 1 heterocycles. The fourth-order valence-corrected chi connectivity index (χ4v) is 1.51. The first-order valence-corrected chi connectivity index (χ1v) is 5.44. The smallest absolute Gasteiger partial charge is 0.354 e. The molecule has 0 unspecified atom stereocenters. The van der Waals surface area contributed by atoms with Crippen LogP contribution in [0.2, 0.25) is 0 Å². The molecule has 0 aromatic carbocycles. The molecule has 0 spiro atoms. The summed E-state index contributed by atoms with van der Waals surface area (Å²) in [6.07, 6.45) is 0. The Morgan fingerprint density at radius 2 is 2.29 bits per heavy atom. The van der Waals surface area contributed by atoms with Crippen LogP contribution in [0.3, 0.4) is 0 Å². The van der Waals surface area contributed by atoms with Crippen LogP contribution in [0.15, 0.2) is 6.07 Å². The number of hydrogen-bond donors (Lipinski definition) is 1. The van der Waals surface area contributed by atoms with Gasteiger partial charge in [0.25, 0.3) is 0 Å². The molecule has 1 rings (SSSR count). The summed E-state index contributed by atoms with van der Waals surface area (Å²) in [6.45, 7) is 3.81. The number of aromatic carboxylic acids is 1. The maximum absolute atomic E-state index is 10.7. The third-order valence-corrected chi connectivity index (χ3v) is 2.43. The molecule has 76 valence electrons. The highest BCUT2D eigenvalue weighted by Crippen LogP contribution is 2.09. The van der Waals surface area contributed by atoms with Crippen LogP contribution in [-0.2, 0) is 5.75 Å². The van der Waals surface area contributed by atoms with E-state index in [1.54, 1.807) is 18.7 Å². The fourth-order valence-electron chi connectivity index (χ4n) is 0.997. The van der Waals surface area contributed by atoms with E-state index in [2.05, 4.69) is 9.97 Å². The summed E-state index contributed by atoms with van der Waals surface area (Å²) in [5, 5.41) is 8.76. The lowest BCUT2D eigenvalue weighted by molar-refractivity contribution is 0.0690. The Morgan fingerprint density at radius 3 is 2.86 bits per heavy atom. The number of aromatic nitrogens is 2. The van der Waals surface area contributed by atoms with E-state index in [0.717, 1.165) is 5.75 Å². The van der Waals surface area contributed by atoms with Gasteiger partial charge in [-0.2, -0.15) is 11.8 Å². The molecule has 0 saturated heterocycles. The summed E-state index contributed by atoms with van der Waals surface area (Å²) < 4.78 is 0. The van der Waals surface area contributed by atoms with Crippen molar-refractivity contribution in [2.75, 3.05) is 5.75 Å². The highest BCUT2D eigenvalue weighted by Gasteiger charge is 2.07. The monoisotopic (exact) mass is 212 g/mol. The van der Waals surface area contributed by atoms with E-state index in [0.29, 0.717) is 17.3 Å². The minimum atomic E-state index is -1.00. The summed E-state index contributed by atoms with van der Waals surface area (Å²) in [4.78, 5) is 18.8. The number of nitrogens with zero attached hydrogens (tertiary/aromatic N) is 2. The maximum atomic E-state index is 10.7. The molecule has 5 heteroatoms. The van der Waals surface area contributed by atoms with E-state index in [-0.39, 0.29) is 5.69 Å². The Kier molecular flexibility index (Phi) is 3.88. The molecule has 1 aromatic rings. The first-order valence-electron chi connectivity index (χ1n) is 4.29. The predicted molar refractivity (Wildman–Crippen MR) is 55.6 cm³/mol. The lowest BCUT2D eigenvalue weighted by Crippen LogP contribution is -2.06. The molecule has 0 saturated carbocycles. The van der Waals surface area contributed by atoms with Gasteiger partial charge in [-0.25, -0.2) is 14.8 Å². The predicted octanol–water partition coefficient (Wildman–Crippen LogP) is 1.74. The van der Waals surface area contributed by atoms with Crippen LogP contribution in [-0.4, -0.2) is 26.8 Å². The SMILES string of the molecule is CCSCc1nc(C)cc(C(=O)O)n1. The molecule has 0 amide bonds. The summed E-state index contributed by atoms with van der Waals surface area (Å²) in [5.74, 6) is 1.23. The molecule has 1 N–H and O–H groups in total. The Bertz CT molecular complexity index is 342. The largest absolute Gasteiger partial charge is 0.477 e. The molecule has 0 aliphatic heterocycles. The van der Waals surface area contributed by atoms with Crippen LogP contribution >= 0.6 is 11.8 Å². The van der Waals surface area contributed by atoms with Crippen LogP contribution in [0.5, 0.6) is 0 Å². The van der Waals surface area contributed by atoms with Crippen molar-refractivity contribution in [3.8, 4) is 0 Å². The van der Waals surface area contributed by atoms with Gasteiger partial charge >= 0.3 is 5.97 Å². The number of carboxylic acid groups (broad SMARTS) is 1. The van der Waals surface area contributed by atoms with Gasteiger partial charge in [-0.3, -0.25) is 0 Å². The van der Waals surface area contributed by atoms with E-state index in [9.17, 15) is 4.79 Å². The quantitative estimate of drug-likeness (QED) is 0.823. The van der Waals surface area contributed by atoms with Crippen molar-refractivity contribution in [3.05, 3.63) is 23.3 Å². The van der Waals surface area contributed by atoms with Gasteiger partial charge in [0.1, 0.15) is 5.82 Å². The number of aryl methyl sites for hydroxylation is 1. The zero-order chi connectivity index (χ0) is 10.6. The average molecular weight is 212 g/mol. The first kappa shape index (κ1) is 11.0. The van der Waals surface area contributed by atoms with Crippen molar-refractivity contribution in [3.63, 3.8) is 0 Å². The van der Waals surface area contributed by atoms with E-state index < -0.39 is 5.97 Å². The Labute approximate surface area is 86.8 Å². The number of thioether (sulfide) groups is 1. The molecular formula is C9H12N2O2S. The van der Waals surface area contributed by atoms with Gasteiger partial charge in [-0.1, -0.05) is 6.92 Å². The minimum absolute atomic E-state index is 0.0733. The van der Waals surface area contributed by atoms with Gasteiger partial charge in [0.2, 0.25) is 0 Å². The molecule has 1 aromatic heterocycles. The third-order valence-electron chi connectivity index (χ3n) is 1.55. The molecule has 4 nitrogen and oxygen atoms in total. The van der Waals surface area contributed by atoms with Gasteiger partial charge in [-0.15, -0.1) is 0 Å². The van der Waals surface area contributed by atoms with Crippen molar-refractivity contribution < 1.29 is 9.90 Å². The highest BCUT2D eigenvalue weighted by atomic mass is 32.2. The first-order chi connectivity index (χ1) is 6.63. The van der Waals surface area contributed by atoms with Crippen molar-refractivity contribution in [1.29, 1.82) is 0 Å². The van der Waals surface area contributed by atoms with Crippen molar-refractivity contribution in [2.45, 2.75) is 19.6 Å². The van der Waals surface area contributed by atoms with Crippen LogP contribution in [0.4, 0.5) is 0 Å². The van der Waals surface area contributed by atoms with Gasteiger partial charge in [0, 0.05) is 5.69 Å². The van der Waals surface area contributed by atoms with Gasteiger partial charge in [-0.05, 0) is 18.7 Å². The second kappa shape index (κ2) is 4.95. The van der Waals surface area contributed by atoms with Crippen molar-refractivity contribution in [1.82, 2.24) is 9.97 Å². The summed E-state index contributed by atoms with van der Waals surface area (Å²) in [5.41, 5.74) is 0.772. The molecule has 0 atom stereocenters. The molecule has 0 aliphatic carbocycles. The van der Waals surface area contributed by atoms with E-state index in [1.807, 2.05) is 6.92 Å². The average Bonchev–Trinajstić information content (AvgIpc) is 2.14. The van der Waals surface area contributed by atoms with E-state index in [1.165, 1.54) is 6.07 Å². The van der Waals surface area contributed by atoms with E-state index in [4.69, 9.17) is 5.11 Å². The van der Waals surface area contributed by atoms with Crippen LogP contribution in [0.25, 0.3) is 0 Å². The fraction of sp³-hybridized carbons (Fsp3) is 0.444. The molecular weight excluding hydrogens is 200 g/mol. The topological polar surface area (TPSA) is 63.1 Å². The standard InChI is InChI=1S/C9H12N2O2S/c1-3-14-5-8-10-6(2)4-7(11-8)9(12)13/h4H,3,5H2,1-2H3,(H,12,13). The third kappa shape index (κ3) is 2.99. The normalized spacial score (nSPS) is 10.1. The van der Waals surface area contributed by atoms with Crippen LogP contribution < -0.4 is 0 Å². The second-order valence-electron chi connectivity index (χ2n) is 2.75. The lowest BCUT2D eigenvalue weighted by Gasteiger charge is -2.01. The zero-order valence-corrected chi connectivity index (χ0v) is 8.97. The molecule has 14 heavy (non-hydrogen) atoms. The lowest BCUT2D eigenvalue weighted by atomic mass is 10.3. The molecule has 0 fully saturated rings. The molecule has 0 aliphatic rings. The van der Waals surface area contributed by atoms with Gasteiger partial charge in [0.15, 0.2) is 5.69 Å². The number of carboxylic acids is 1. The minimum Gasteiger partial charge on any atom is -0.477 e. The number of hydrogen-bond acceptors (Lipinski definition) is 4. The van der Waals surface area contributed by atoms with Gasteiger partial charge in [0.05, 0.1) is 5.75 Å². The van der Waals surface area contributed by atoms with Crippen LogP contribution in [0.1, 0.15) is 28.9 Å². The van der Waals surface area contributed by atoms with Crippen molar-refractivity contribution >= 4 is 17.7 Å². The zero-order valence-electron chi connectivity index (χ0n) is 8.15. The van der Waals surface area contributed by atoms with Crippen molar-refractivity contribution in [2.24, 2.45) is 0 Å². The maximum Gasteiger partial charge on any atom is 0.354 e. The summed E-state index contributed by atoms with van der Waals surface area (Å²) >= 11 is 1.67. The highest BCUT2D eigenvalue weighted by molar-refractivity contribution is 7.98. The Morgan fingerprint density at radius 1 is 1.57 bits per heavy atom. The number of rotatable bonds is 4. The Hall–Kier alpha value is -1.10. The molecule has 0 bridgehead atoms.